The molecule has 0 heterocycles. The van der Waals surface area contributed by atoms with Gasteiger partial charge in [0.05, 0.1) is 0 Å². The maximum Gasteiger partial charge on any atom is 0.150 e. The summed E-state index contributed by atoms with van der Waals surface area (Å²) in [6.45, 7) is 3.83. The van der Waals surface area contributed by atoms with E-state index in [1.807, 2.05) is 38.1 Å². The molecule has 0 bridgehead atoms. The number of hydrogen-bond acceptors (Lipinski definition) is 2. The van der Waals surface area contributed by atoms with E-state index in [2.05, 4.69) is 0 Å². The normalized spacial score (nSPS) is 11.7. The average Bonchev–Trinajstić information content (AvgIpc) is 2.29. The van der Waals surface area contributed by atoms with E-state index in [0.29, 0.717) is 11.3 Å². The van der Waals surface area contributed by atoms with E-state index in [4.69, 9.17) is 4.74 Å². The summed E-state index contributed by atoms with van der Waals surface area (Å²) in [7, 11) is 0. The number of carbonyl (C=O) groups excluding carboxylic acids is 1. The third-order valence-corrected chi connectivity index (χ3v) is 1.85. The van der Waals surface area contributed by atoms with Crippen molar-refractivity contribution < 1.29 is 9.53 Å². The van der Waals surface area contributed by atoms with Crippen LogP contribution < -0.4 is 4.74 Å². The standard InChI is InChI=1S/C13H14O2/c1-3-6-12(4-2)15-13-8-5-7-11(9-13)10-14/h3-10H,1-2H3/b6-3-,12-4+. The molecule has 0 saturated heterocycles. The molecule has 0 fully saturated rings. The molecule has 15 heavy (non-hydrogen) atoms. The highest BCUT2D eigenvalue weighted by atomic mass is 16.5. The van der Waals surface area contributed by atoms with Gasteiger partial charge >= 0.3 is 0 Å². The molecule has 0 aromatic heterocycles. The summed E-state index contributed by atoms with van der Waals surface area (Å²) in [6.07, 6.45) is 6.44. The zero-order valence-corrected chi connectivity index (χ0v) is 8.94. The fourth-order valence-electron chi connectivity index (χ4n) is 1.14. The molecule has 78 valence electrons. The molecular formula is C13H14O2. The van der Waals surface area contributed by atoms with Gasteiger partial charge in [-0.1, -0.05) is 18.2 Å². The monoisotopic (exact) mass is 202 g/mol. The Bertz CT molecular complexity index is 389. The topological polar surface area (TPSA) is 26.3 Å². The van der Waals surface area contributed by atoms with Crippen LogP contribution in [0.3, 0.4) is 0 Å². The van der Waals surface area contributed by atoms with Gasteiger partial charge in [0.2, 0.25) is 0 Å². The Morgan fingerprint density at radius 3 is 2.73 bits per heavy atom. The van der Waals surface area contributed by atoms with Gasteiger partial charge in [-0.05, 0) is 38.1 Å². The fraction of sp³-hybridized carbons (Fsp3) is 0.154. The van der Waals surface area contributed by atoms with Crippen molar-refractivity contribution in [2.24, 2.45) is 0 Å². The Labute approximate surface area is 89.9 Å². The average molecular weight is 202 g/mol. The van der Waals surface area contributed by atoms with Crippen LogP contribution in [0.4, 0.5) is 0 Å². The molecule has 0 unspecified atom stereocenters. The van der Waals surface area contributed by atoms with Crippen molar-refractivity contribution in [1.29, 1.82) is 0 Å². The number of aldehydes is 1. The molecule has 0 N–H and O–H groups in total. The number of benzene rings is 1. The number of allylic oxidation sites excluding steroid dienone is 3. The summed E-state index contributed by atoms with van der Waals surface area (Å²) in [5, 5.41) is 0. The smallest absolute Gasteiger partial charge is 0.150 e. The quantitative estimate of drug-likeness (QED) is 0.425. The zero-order chi connectivity index (χ0) is 11.1. The van der Waals surface area contributed by atoms with Gasteiger partial charge in [0.25, 0.3) is 0 Å². The van der Waals surface area contributed by atoms with Crippen LogP contribution in [0.15, 0.2) is 48.3 Å². The minimum absolute atomic E-state index is 0.614. The zero-order valence-electron chi connectivity index (χ0n) is 8.94. The molecular weight excluding hydrogens is 188 g/mol. The van der Waals surface area contributed by atoms with Crippen LogP contribution in [0.1, 0.15) is 24.2 Å². The molecule has 0 spiro atoms. The fourth-order valence-corrected chi connectivity index (χ4v) is 1.14. The molecule has 0 atom stereocenters. The van der Waals surface area contributed by atoms with Crippen molar-refractivity contribution >= 4 is 6.29 Å². The predicted molar refractivity (Wildman–Crippen MR) is 61.0 cm³/mol. The first-order valence-electron chi connectivity index (χ1n) is 4.82. The van der Waals surface area contributed by atoms with E-state index in [-0.39, 0.29) is 0 Å². The van der Waals surface area contributed by atoms with Gasteiger partial charge in [-0.2, -0.15) is 0 Å². The number of ether oxygens (including phenoxy) is 1. The first-order chi connectivity index (χ1) is 7.30. The molecule has 1 aromatic carbocycles. The SMILES string of the molecule is C/C=C\C(=C/C)Oc1cccc(C=O)c1. The van der Waals surface area contributed by atoms with Gasteiger partial charge in [-0.15, -0.1) is 0 Å². The minimum Gasteiger partial charge on any atom is -0.458 e. The number of carbonyl (C=O) groups is 1. The summed E-state index contributed by atoms with van der Waals surface area (Å²) >= 11 is 0. The predicted octanol–water partition coefficient (Wildman–Crippen LogP) is 3.36. The van der Waals surface area contributed by atoms with Gasteiger partial charge < -0.3 is 4.74 Å². The molecule has 0 aliphatic carbocycles. The highest BCUT2D eigenvalue weighted by molar-refractivity contribution is 5.75. The van der Waals surface area contributed by atoms with Crippen LogP contribution in [0.5, 0.6) is 5.75 Å². The largest absolute Gasteiger partial charge is 0.458 e. The van der Waals surface area contributed by atoms with Crippen LogP contribution in [0, 0.1) is 0 Å². The molecule has 1 rings (SSSR count). The lowest BCUT2D eigenvalue weighted by Gasteiger charge is -2.05. The highest BCUT2D eigenvalue weighted by Crippen LogP contribution is 2.15. The lowest BCUT2D eigenvalue weighted by molar-refractivity contribution is 0.112. The first kappa shape index (κ1) is 11.2. The molecule has 2 nitrogen and oxygen atoms in total. The van der Waals surface area contributed by atoms with Crippen molar-refractivity contribution in [3.63, 3.8) is 0 Å². The van der Waals surface area contributed by atoms with E-state index in [1.165, 1.54) is 0 Å². The van der Waals surface area contributed by atoms with Crippen molar-refractivity contribution in [2.45, 2.75) is 13.8 Å². The molecule has 1 aromatic rings. The molecule has 0 saturated carbocycles. The van der Waals surface area contributed by atoms with Gasteiger partial charge in [0, 0.05) is 5.56 Å². The van der Waals surface area contributed by atoms with Crippen molar-refractivity contribution in [1.82, 2.24) is 0 Å². The van der Waals surface area contributed by atoms with E-state index >= 15 is 0 Å². The summed E-state index contributed by atoms with van der Waals surface area (Å²) in [5.41, 5.74) is 0.614. The minimum atomic E-state index is 0.614. The van der Waals surface area contributed by atoms with Crippen LogP contribution in [0.25, 0.3) is 0 Å². The van der Waals surface area contributed by atoms with Gasteiger partial charge in [-0.25, -0.2) is 0 Å². The van der Waals surface area contributed by atoms with E-state index in [1.54, 1.807) is 18.2 Å². The molecule has 0 radical (unpaired) electrons. The van der Waals surface area contributed by atoms with E-state index < -0.39 is 0 Å². The van der Waals surface area contributed by atoms with Gasteiger partial charge in [0.1, 0.15) is 17.8 Å². The summed E-state index contributed by atoms with van der Waals surface area (Å²) in [6, 6.07) is 7.06. The van der Waals surface area contributed by atoms with Gasteiger partial charge in [0.15, 0.2) is 0 Å². The highest BCUT2D eigenvalue weighted by Gasteiger charge is 1.97. The maximum absolute atomic E-state index is 10.6. The van der Waals surface area contributed by atoms with Crippen LogP contribution in [0.2, 0.25) is 0 Å². The third kappa shape index (κ3) is 3.43. The molecule has 0 aliphatic heterocycles. The number of rotatable bonds is 4. The van der Waals surface area contributed by atoms with Crippen LogP contribution >= 0.6 is 0 Å². The van der Waals surface area contributed by atoms with Crippen molar-refractivity contribution in [3.05, 3.63) is 53.8 Å². The lowest BCUT2D eigenvalue weighted by atomic mass is 10.2. The van der Waals surface area contributed by atoms with Crippen molar-refractivity contribution in [3.8, 4) is 5.75 Å². The Kier molecular flexibility index (Phi) is 4.35. The maximum atomic E-state index is 10.6. The second-order valence-corrected chi connectivity index (χ2v) is 2.98. The van der Waals surface area contributed by atoms with Gasteiger partial charge in [-0.3, -0.25) is 4.79 Å². The van der Waals surface area contributed by atoms with Crippen molar-refractivity contribution in [2.75, 3.05) is 0 Å². The Hall–Kier alpha value is -1.83. The molecule has 0 amide bonds. The van der Waals surface area contributed by atoms with Crippen LogP contribution in [-0.4, -0.2) is 6.29 Å². The summed E-state index contributed by atoms with van der Waals surface area (Å²) < 4.78 is 5.56. The summed E-state index contributed by atoms with van der Waals surface area (Å²) in [4.78, 5) is 10.6. The Morgan fingerprint density at radius 2 is 2.13 bits per heavy atom. The summed E-state index contributed by atoms with van der Waals surface area (Å²) in [5.74, 6) is 1.44. The third-order valence-electron chi connectivity index (χ3n) is 1.85. The van der Waals surface area contributed by atoms with Crippen LogP contribution in [-0.2, 0) is 0 Å². The van der Waals surface area contributed by atoms with E-state index in [0.717, 1.165) is 12.0 Å². The second-order valence-electron chi connectivity index (χ2n) is 2.98. The Balaban J connectivity index is 2.83. The number of hydrogen-bond donors (Lipinski definition) is 0. The second kappa shape index (κ2) is 5.81. The molecule has 0 aliphatic rings. The first-order valence-corrected chi connectivity index (χ1v) is 4.82. The molecule has 2 heteroatoms. The van der Waals surface area contributed by atoms with E-state index in [9.17, 15) is 4.79 Å². The Morgan fingerprint density at radius 1 is 1.33 bits per heavy atom. The lowest BCUT2D eigenvalue weighted by Crippen LogP contribution is -1.92.